The molecule has 2 amide bonds. The zero-order chi connectivity index (χ0) is 33.2. The number of amides is 2. The predicted molar refractivity (Wildman–Crippen MR) is 156 cm³/mol. The van der Waals surface area contributed by atoms with Gasteiger partial charge in [0.1, 0.15) is 28.8 Å². The fraction of sp³-hybridized carbons (Fsp3) is 0.312. The molecule has 242 valence electrons. The van der Waals surface area contributed by atoms with Crippen molar-refractivity contribution < 1.29 is 46.1 Å². The van der Waals surface area contributed by atoms with Crippen molar-refractivity contribution in [2.45, 2.75) is 51.0 Å². The van der Waals surface area contributed by atoms with E-state index in [4.69, 9.17) is 19.6 Å². The van der Waals surface area contributed by atoms with Crippen LogP contribution in [0.4, 0.5) is 17.6 Å². The number of carbonyl (C=O) groups excluding carboxylic acids is 2. The number of nitrogens with zero attached hydrogens (tertiary/aromatic N) is 2. The fourth-order valence-electron chi connectivity index (χ4n) is 4.65. The van der Waals surface area contributed by atoms with E-state index in [0.29, 0.717) is 11.3 Å². The van der Waals surface area contributed by atoms with Gasteiger partial charge >= 0.3 is 6.18 Å². The number of aryl methyl sites for hydroxylation is 1. The molecule has 46 heavy (non-hydrogen) atoms. The van der Waals surface area contributed by atoms with Crippen molar-refractivity contribution in [3.05, 3.63) is 83.1 Å². The van der Waals surface area contributed by atoms with E-state index in [1.165, 1.54) is 36.5 Å². The molecule has 1 aliphatic rings. The molecular formula is C32H30F4N4O6. The van der Waals surface area contributed by atoms with Gasteiger partial charge in [-0.15, -0.1) is 0 Å². The fourth-order valence-corrected chi connectivity index (χ4v) is 4.65. The topological polar surface area (TPSA) is 150 Å². The number of benzene rings is 2. The molecule has 5 rings (SSSR count). The number of nitrogens with two attached hydrogens (primary N) is 1. The van der Waals surface area contributed by atoms with Gasteiger partial charge in [-0.05, 0) is 75.2 Å². The standard InChI is InChI=1S/C32H30F4N4O6/c1-3-44-28-20(14-26(37)41)13-25(40-27(28)18-4-7-21(33)8-5-18)31(43,32(34,35)36)16-39-29(42)19-6-11-23(30-38-15-17(2)45-30)24(12-19)46-22-9-10-22/h4-8,11-13,15,22,43H,3,9-10,14,16H2,1-2H3,(H2,37,41)(H,39,42)/t31-/m0/s1. The first-order valence-electron chi connectivity index (χ1n) is 14.3. The van der Waals surface area contributed by atoms with Crippen LogP contribution >= 0.6 is 0 Å². The minimum Gasteiger partial charge on any atom is -0.491 e. The van der Waals surface area contributed by atoms with Gasteiger partial charge in [0.05, 0.1) is 43.1 Å². The molecule has 10 nitrogen and oxygen atoms in total. The first-order chi connectivity index (χ1) is 21.8. The Morgan fingerprint density at radius 1 is 1.13 bits per heavy atom. The molecule has 4 aromatic rings. The van der Waals surface area contributed by atoms with E-state index in [0.717, 1.165) is 31.0 Å². The maximum absolute atomic E-state index is 14.7. The first-order valence-corrected chi connectivity index (χ1v) is 14.3. The molecule has 0 unspecified atom stereocenters. The normalized spacial score (nSPS) is 14.4. The summed E-state index contributed by atoms with van der Waals surface area (Å²) in [6.45, 7) is 2.01. The SMILES string of the molecule is CCOc1c(CC(N)=O)cc([C@@](O)(CNC(=O)c2ccc(-c3ncc(C)o3)c(OC3CC3)c2)C(F)(F)F)nc1-c1ccc(F)cc1. The second kappa shape index (κ2) is 12.8. The van der Waals surface area contributed by atoms with Crippen molar-refractivity contribution in [2.24, 2.45) is 5.73 Å². The van der Waals surface area contributed by atoms with E-state index in [2.05, 4.69) is 15.3 Å². The van der Waals surface area contributed by atoms with Crippen LogP contribution in [-0.4, -0.2) is 52.3 Å². The smallest absolute Gasteiger partial charge is 0.424 e. The number of primary amides is 1. The zero-order valence-corrected chi connectivity index (χ0v) is 24.8. The van der Waals surface area contributed by atoms with Crippen LogP contribution in [-0.2, 0) is 16.8 Å². The number of nitrogens with one attached hydrogen (secondary N) is 1. The summed E-state index contributed by atoms with van der Waals surface area (Å²) in [6.07, 6.45) is -2.90. The van der Waals surface area contributed by atoms with Crippen molar-refractivity contribution in [2.75, 3.05) is 13.2 Å². The molecule has 2 aromatic carbocycles. The Balaban J connectivity index is 1.51. The Labute approximate surface area is 260 Å². The number of hydrogen-bond donors (Lipinski definition) is 3. The van der Waals surface area contributed by atoms with Crippen LogP contribution in [0.1, 0.15) is 47.1 Å². The lowest BCUT2D eigenvalue weighted by molar-refractivity contribution is -0.265. The van der Waals surface area contributed by atoms with Crippen LogP contribution in [0.25, 0.3) is 22.7 Å². The van der Waals surface area contributed by atoms with Crippen LogP contribution in [0.5, 0.6) is 11.5 Å². The largest absolute Gasteiger partial charge is 0.491 e. The average Bonchev–Trinajstić information content (AvgIpc) is 3.72. The summed E-state index contributed by atoms with van der Waals surface area (Å²) in [7, 11) is 0. The van der Waals surface area contributed by atoms with E-state index in [1.807, 2.05) is 0 Å². The highest BCUT2D eigenvalue weighted by atomic mass is 19.4. The van der Waals surface area contributed by atoms with Gasteiger partial charge < -0.3 is 30.0 Å². The highest BCUT2D eigenvalue weighted by Crippen LogP contribution is 2.42. The molecule has 0 aliphatic heterocycles. The van der Waals surface area contributed by atoms with Gasteiger partial charge in [-0.25, -0.2) is 14.4 Å². The summed E-state index contributed by atoms with van der Waals surface area (Å²) in [5, 5.41) is 13.4. The Kier molecular flexibility index (Phi) is 9.01. The predicted octanol–water partition coefficient (Wildman–Crippen LogP) is 5.00. The third-order valence-electron chi connectivity index (χ3n) is 7.13. The molecule has 0 radical (unpaired) electrons. The molecule has 2 heterocycles. The van der Waals surface area contributed by atoms with Gasteiger partial charge in [0.2, 0.25) is 17.4 Å². The van der Waals surface area contributed by atoms with Gasteiger partial charge in [-0.2, -0.15) is 13.2 Å². The Morgan fingerprint density at radius 3 is 2.43 bits per heavy atom. The van der Waals surface area contributed by atoms with Crippen molar-refractivity contribution in [3.63, 3.8) is 0 Å². The average molecular weight is 643 g/mol. The number of oxazole rings is 1. The molecule has 0 saturated heterocycles. The minimum absolute atomic E-state index is 0.0431. The van der Waals surface area contributed by atoms with Crippen molar-refractivity contribution in [1.82, 2.24) is 15.3 Å². The molecule has 4 N–H and O–H groups in total. The summed E-state index contributed by atoms with van der Waals surface area (Å²) in [6, 6.07) is 9.75. The second-order valence-corrected chi connectivity index (χ2v) is 10.8. The lowest BCUT2D eigenvalue weighted by Crippen LogP contribution is -2.51. The number of alkyl halides is 3. The summed E-state index contributed by atoms with van der Waals surface area (Å²) in [5.74, 6) is -1.45. The van der Waals surface area contributed by atoms with Crippen LogP contribution in [0.15, 0.2) is 59.1 Å². The molecule has 2 aromatic heterocycles. The van der Waals surface area contributed by atoms with Crippen LogP contribution in [0, 0.1) is 12.7 Å². The number of hydrogen-bond acceptors (Lipinski definition) is 8. The van der Waals surface area contributed by atoms with Gasteiger partial charge in [-0.1, -0.05) is 0 Å². The van der Waals surface area contributed by atoms with E-state index in [-0.39, 0.29) is 52.5 Å². The number of carbonyl (C=O) groups is 2. The minimum atomic E-state index is -5.36. The summed E-state index contributed by atoms with van der Waals surface area (Å²) in [4.78, 5) is 33.4. The molecule has 1 aliphatic carbocycles. The van der Waals surface area contributed by atoms with E-state index >= 15 is 0 Å². The van der Waals surface area contributed by atoms with Gasteiger partial charge in [0.25, 0.3) is 5.91 Å². The number of aliphatic hydroxyl groups is 1. The maximum Gasteiger partial charge on any atom is 0.424 e. The van der Waals surface area contributed by atoms with Crippen LogP contribution in [0.3, 0.4) is 0 Å². The number of pyridine rings is 1. The zero-order valence-electron chi connectivity index (χ0n) is 24.8. The van der Waals surface area contributed by atoms with Crippen molar-refractivity contribution in [3.8, 4) is 34.2 Å². The molecule has 14 heteroatoms. The summed E-state index contributed by atoms with van der Waals surface area (Å²) in [5.41, 5.74) is 0.973. The molecule has 0 spiro atoms. The molecule has 1 fully saturated rings. The van der Waals surface area contributed by atoms with E-state index in [1.54, 1.807) is 13.8 Å². The first kappa shape index (κ1) is 32.4. The molecule has 1 atom stereocenters. The molecular weight excluding hydrogens is 612 g/mol. The number of aromatic nitrogens is 2. The summed E-state index contributed by atoms with van der Waals surface area (Å²) < 4.78 is 74.9. The third kappa shape index (κ3) is 6.96. The third-order valence-corrected chi connectivity index (χ3v) is 7.13. The Morgan fingerprint density at radius 2 is 1.85 bits per heavy atom. The monoisotopic (exact) mass is 642 g/mol. The highest BCUT2D eigenvalue weighted by molar-refractivity contribution is 5.95. The maximum atomic E-state index is 14.7. The van der Waals surface area contributed by atoms with E-state index < -0.39 is 48.1 Å². The number of rotatable bonds is 12. The molecule has 0 bridgehead atoms. The van der Waals surface area contributed by atoms with Gasteiger partial charge in [0.15, 0.2) is 0 Å². The van der Waals surface area contributed by atoms with Gasteiger partial charge in [-0.3, -0.25) is 9.59 Å². The Hall–Kier alpha value is -4.98. The quantitative estimate of drug-likeness (QED) is 0.183. The van der Waals surface area contributed by atoms with Crippen molar-refractivity contribution in [1.29, 1.82) is 0 Å². The highest BCUT2D eigenvalue weighted by Gasteiger charge is 2.56. The van der Waals surface area contributed by atoms with Crippen LogP contribution < -0.4 is 20.5 Å². The number of ether oxygens (including phenoxy) is 2. The Bertz CT molecular complexity index is 1750. The van der Waals surface area contributed by atoms with Crippen LogP contribution in [0.2, 0.25) is 0 Å². The second-order valence-electron chi connectivity index (χ2n) is 10.8. The van der Waals surface area contributed by atoms with Crippen molar-refractivity contribution >= 4 is 11.8 Å². The van der Waals surface area contributed by atoms with Gasteiger partial charge in [0, 0.05) is 16.7 Å². The molecule has 1 saturated carbocycles. The number of halogens is 4. The lowest BCUT2D eigenvalue weighted by atomic mass is 9.93. The lowest BCUT2D eigenvalue weighted by Gasteiger charge is -2.31. The summed E-state index contributed by atoms with van der Waals surface area (Å²) >= 11 is 0. The van der Waals surface area contributed by atoms with E-state index in [9.17, 15) is 32.3 Å².